The van der Waals surface area contributed by atoms with Crippen molar-refractivity contribution in [3.63, 3.8) is 0 Å². The molecule has 1 aromatic carbocycles. The summed E-state index contributed by atoms with van der Waals surface area (Å²) in [4.78, 5) is 0. The van der Waals surface area contributed by atoms with Gasteiger partial charge in [-0.1, -0.05) is 43.9 Å². The molecular formula is C19H24O. The van der Waals surface area contributed by atoms with E-state index in [0.717, 1.165) is 18.3 Å². The summed E-state index contributed by atoms with van der Waals surface area (Å²) in [5, 5.41) is 9.73. The van der Waals surface area contributed by atoms with Crippen molar-refractivity contribution in [3.8, 4) is 5.75 Å². The fourth-order valence-electron chi connectivity index (χ4n) is 5.24. The molecule has 4 rings (SSSR count). The first-order valence-corrected chi connectivity index (χ1v) is 8.28. The molecule has 1 N–H and O–H groups in total. The molecule has 0 heterocycles. The number of phenols is 1. The molecule has 0 aliphatic heterocycles. The lowest BCUT2D eigenvalue weighted by molar-refractivity contribution is 0.127. The Hall–Kier alpha value is -1.24. The highest BCUT2D eigenvalue weighted by Crippen LogP contribution is 2.62. The van der Waals surface area contributed by atoms with E-state index in [9.17, 15) is 5.11 Å². The van der Waals surface area contributed by atoms with Gasteiger partial charge in [0.05, 0.1) is 0 Å². The largest absolute Gasteiger partial charge is 0.508 e. The van der Waals surface area contributed by atoms with Crippen molar-refractivity contribution in [2.75, 3.05) is 0 Å². The molecule has 3 aliphatic carbocycles. The van der Waals surface area contributed by atoms with E-state index in [0.29, 0.717) is 11.2 Å². The van der Waals surface area contributed by atoms with E-state index in [1.165, 1.54) is 49.7 Å². The second-order valence-electron chi connectivity index (χ2n) is 7.05. The van der Waals surface area contributed by atoms with Gasteiger partial charge in [-0.25, -0.2) is 0 Å². The Morgan fingerprint density at radius 1 is 1.35 bits per heavy atom. The van der Waals surface area contributed by atoms with Crippen LogP contribution in [-0.2, 0) is 11.8 Å². The molecule has 1 saturated carbocycles. The molecule has 106 valence electrons. The summed E-state index contributed by atoms with van der Waals surface area (Å²) in [6, 6.07) is 6.08. The molecule has 20 heavy (non-hydrogen) atoms. The molecule has 1 aromatic rings. The number of hydrogen-bond acceptors (Lipinski definition) is 1. The topological polar surface area (TPSA) is 20.2 Å². The summed E-state index contributed by atoms with van der Waals surface area (Å²) < 4.78 is 0. The van der Waals surface area contributed by atoms with Gasteiger partial charge >= 0.3 is 0 Å². The van der Waals surface area contributed by atoms with Crippen molar-refractivity contribution in [2.24, 2.45) is 11.8 Å². The SMILES string of the molecule is CCCC[C@@H]1CCC[C@@]23C=C(Cc4cc(O)ccc42)[C@H]13. The first kappa shape index (κ1) is 12.5. The fourth-order valence-corrected chi connectivity index (χ4v) is 5.24. The smallest absolute Gasteiger partial charge is 0.115 e. The van der Waals surface area contributed by atoms with Crippen LogP contribution in [0.15, 0.2) is 29.8 Å². The van der Waals surface area contributed by atoms with Crippen molar-refractivity contribution in [1.29, 1.82) is 0 Å². The van der Waals surface area contributed by atoms with E-state index >= 15 is 0 Å². The van der Waals surface area contributed by atoms with Crippen LogP contribution in [0, 0.1) is 11.8 Å². The van der Waals surface area contributed by atoms with E-state index in [4.69, 9.17) is 0 Å². The maximum Gasteiger partial charge on any atom is 0.115 e. The number of allylic oxidation sites excluding steroid dienone is 2. The van der Waals surface area contributed by atoms with Crippen LogP contribution in [0.25, 0.3) is 0 Å². The predicted octanol–water partition coefficient (Wildman–Crippen LogP) is 4.73. The van der Waals surface area contributed by atoms with Crippen LogP contribution in [-0.4, -0.2) is 5.11 Å². The second kappa shape index (κ2) is 4.38. The van der Waals surface area contributed by atoms with Crippen LogP contribution in [0.3, 0.4) is 0 Å². The van der Waals surface area contributed by atoms with Crippen LogP contribution >= 0.6 is 0 Å². The van der Waals surface area contributed by atoms with Gasteiger partial charge in [0.1, 0.15) is 5.75 Å². The number of unbranched alkanes of at least 4 members (excludes halogenated alkanes) is 1. The van der Waals surface area contributed by atoms with Crippen molar-refractivity contribution < 1.29 is 5.11 Å². The Balaban J connectivity index is 1.71. The first-order chi connectivity index (χ1) is 9.74. The average Bonchev–Trinajstić information content (AvgIpc) is 2.43. The zero-order chi connectivity index (χ0) is 13.7. The molecule has 1 nitrogen and oxygen atoms in total. The van der Waals surface area contributed by atoms with Crippen molar-refractivity contribution in [3.05, 3.63) is 41.0 Å². The molecule has 1 heteroatoms. The first-order valence-electron chi connectivity index (χ1n) is 8.28. The number of hydrogen-bond donors (Lipinski definition) is 1. The molecule has 1 fully saturated rings. The van der Waals surface area contributed by atoms with Crippen LogP contribution in [0.2, 0.25) is 0 Å². The quantitative estimate of drug-likeness (QED) is 0.786. The number of rotatable bonds is 3. The zero-order valence-electron chi connectivity index (χ0n) is 12.4. The molecule has 1 spiro atoms. The van der Waals surface area contributed by atoms with E-state index in [1.54, 1.807) is 5.57 Å². The monoisotopic (exact) mass is 268 g/mol. The number of benzene rings is 1. The second-order valence-corrected chi connectivity index (χ2v) is 7.05. The number of fused-ring (bicyclic) bond motifs is 2. The Morgan fingerprint density at radius 3 is 3.10 bits per heavy atom. The average molecular weight is 268 g/mol. The Bertz CT molecular complexity index is 571. The predicted molar refractivity (Wildman–Crippen MR) is 81.9 cm³/mol. The third kappa shape index (κ3) is 1.55. The summed E-state index contributed by atoms with van der Waals surface area (Å²) in [5.41, 5.74) is 4.92. The lowest BCUT2D eigenvalue weighted by atomic mass is 9.45. The molecule has 0 aromatic heterocycles. The van der Waals surface area contributed by atoms with Gasteiger partial charge in [-0.3, -0.25) is 0 Å². The van der Waals surface area contributed by atoms with Gasteiger partial charge in [0, 0.05) is 5.41 Å². The van der Waals surface area contributed by atoms with Gasteiger partial charge in [0.15, 0.2) is 0 Å². The molecule has 0 saturated heterocycles. The van der Waals surface area contributed by atoms with E-state index in [1.807, 2.05) is 12.1 Å². The van der Waals surface area contributed by atoms with E-state index in [2.05, 4.69) is 19.1 Å². The molecule has 3 aliphatic rings. The minimum Gasteiger partial charge on any atom is -0.508 e. The molecule has 0 amide bonds. The standard InChI is InChI=1S/C19H24O/c1-2-3-5-13-6-4-9-19-12-15(18(13)19)10-14-11-16(20)7-8-17(14)19/h7-8,11-13,18,20H,2-6,9-10H2,1H3/t13-,18+,19-/m1/s1. The third-order valence-electron chi connectivity index (χ3n) is 5.95. The molecule has 3 atom stereocenters. The van der Waals surface area contributed by atoms with Gasteiger partial charge < -0.3 is 5.11 Å². The molecule has 2 bridgehead atoms. The van der Waals surface area contributed by atoms with Gasteiger partial charge in [-0.05, 0) is 60.8 Å². The highest BCUT2D eigenvalue weighted by Gasteiger charge is 2.55. The maximum atomic E-state index is 9.73. The summed E-state index contributed by atoms with van der Waals surface area (Å²) in [6.45, 7) is 2.30. The fraction of sp³-hybridized carbons (Fsp3) is 0.579. The summed E-state index contributed by atoms with van der Waals surface area (Å²) in [7, 11) is 0. The highest BCUT2D eigenvalue weighted by molar-refractivity contribution is 5.57. The Kier molecular flexibility index (Phi) is 2.73. The minimum absolute atomic E-state index is 0.341. The lowest BCUT2D eigenvalue weighted by Gasteiger charge is -2.59. The highest BCUT2D eigenvalue weighted by atomic mass is 16.3. The van der Waals surface area contributed by atoms with Crippen LogP contribution in [0.5, 0.6) is 5.75 Å². The molecule has 0 unspecified atom stereocenters. The van der Waals surface area contributed by atoms with Gasteiger partial charge in [-0.15, -0.1) is 0 Å². The third-order valence-corrected chi connectivity index (χ3v) is 5.95. The normalized spacial score (nSPS) is 33.8. The van der Waals surface area contributed by atoms with Gasteiger partial charge in [0.2, 0.25) is 0 Å². The summed E-state index contributed by atoms with van der Waals surface area (Å²) >= 11 is 0. The van der Waals surface area contributed by atoms with Gasteiger partial charge in [-0.2, -0.15) is 0 Å². The van der Waals surface area contributed by atoms with Crippen molar-refractivity contribution in [2.45, 2.75) is 57.3 Å². The van der Waals surface area contributed by atoms with Crippen molar-refractivity contribution in [1.82, 2.24) is 0 Å². The van der Waals surface area contributed by atoms with Gasteiger partial charge in [0.25, 0.3) is 0 Å². The Labute approximate surface area is 121 Å². The van der Waals surface area contributed by atoms with Crippen LogP contribution in [0.1, 0.15) is 56.6 Å². The van der Waals surface area contributed by atoms with Crippen LogP contribution < -0.4 is 0 Å². The number of aromatic hydroxyl groups is 1. The van der Waals surface area contributed by atoms with E-state index in [-0.39, 0.29) is 0 Å². The lowest BCUT2D eigenvalue weighted by Crippen LogP contribution is -2.52. The van der Waals surface area contributed by atoms with Crippen LogP contribution in [0.4, 0.5) is 0 Å². The summed E-state index contributed by atoms with van der Waals surface area (Å²) in [5.74, 6) is 2.16. The number of phenolic OH excluding ortho intramolecular Hbond substituents is 1. The maximum absolute atomic E-state index is 9.73. The Morgan fingerprint density at radius 2 is 2.25 bits per heavy atom. The summed E-state index contributed by atoms with van der Waals surface area (Å²) in [6.07, 6.45) is 11.9. The molecule has 0 radical (unpaired) electrons. The zero-order valence-corrected chi connectivity index (χ0v) is 12.4. The molecular weight excluding hydrogens is 244 g/mol. The minimum atomic E-state index is 0.341. The van der Waals surface area contributed by atoms with Crippen molar-refractivity contribution >= 4 is 0 Å². The van der Waals surface area contributed by atoms with E-state index < -0.39 is 0 Å².